The van der Waals surface area contributed by atoms with Crippen LogP contribution in [0.15, 0.2) is 33.9 Å². The highest BCUT2D eigenvalue weighted by Gasteiger charge is 2.31. The van der Waals surface area contributed by atoms with Gasteiger partial charge in [-0.3, -0.25) is 14.7 Å². The molecule has 1 aliphatic carbocycles. The van der Waals surface area contributed by atoms with Crippen molar-refractivity contribution in [2.24, 2.45) is 5.41 Å². The summed E-state index contributed by atoms with van der Waals surface area (Å²) in [5.74, 6) is 0.744. The highest BCUT2D eigenvalue weighted by Crippen LogP contribution is 2.38. The van der Waals surface area contributed by atoms with Crippen molar-refractivity contribution in [3.05, 3.63) is 45.0 Å². The zero-order valence-electron chi connectivity index (χ0n) is 12.0. The van der Waals surface area contributed by atoms with E-state index in [4.69, 9.17) is 0 Å². The maximum absolute atomic E-state index is 12.6. The standard InChI is InChI=1S/C16H20N2O2S/c19-14-12-6-2-3-7-13(12)15(20)18(17-14)10-16(11-21)8-4-1-5-9-16/h2-3,6-7,21H,1,4-5,8-11H2,(H,17,19). The summed E-state index contributed by atoms with van der Waals surface area (Å²) in [6.07, 6.45) is 5.73. The van der Waals surface area contributed by atoms with Crippen LogP contribution in [0, 0.1) is 5.41 Å². The van der Waals surface area contributed by atoms with Crippen molar-refractivity contribution in [3.63, 3.8) is 0 Å². The van der Waals surface area contributed by atoms with Gasteiger partial charge in [0.1, 0.15) is 0 Å². The Morgan fingerprint density at radius 2 is 1.76 bits per heavy atom. The molecular formula is C16H20N2O2S. The Kier molecular flexibility index (Phi) is 3.93. The van der Waals surface area contributed by atoms with Crippen molar-refractivity contribution in [3.8, 4) is 0 Å². The van der Waals surface area contributed by atoms with E-state index in [9.17, 15) is 9.59 Å². The maximum atomic E-state index is 12.6. The summed E-state index contributed by atoms with van der Waals surface area (Å²) in [7, 11) is 0. The number of nitrogens with one attached hydrogen (secondary N) is 1. The lowest BCUT2D eigenvalue weighted by atomic mass is 9.75. The number of fused-ring (bicyclic) bond motifs is 1. The Labute approximate surface area is 128 Å². The van der Waals surface area contributed by atoms with Crippen LogP contribution in [0.3, 0.4) is 0 Å². The van der Waals surface area contributed by atoms with E-state index in [1.807, 2.05) is 0 Å². The molecule has 0 amide bonds. The highest BCUT2D eigenvalue weighted by molar-refractivity contribution is 7.80. The third-order valence-corrected chi connectivity index (χ3v) is 5.30. The first-order chi connectivity index (χ1) is 10.2. The van der Waals surface area contributed by atoms with Gasteiger partial charge in [0.15, 0.2) is 0 Å². The van der Waals surface area contributed by atoms with Crippen LogP contribution in [0.4, 0.5) is 0 Å². The summed E-state index contributed by atoms with van der Waals surface area (Å²) in [4.78, 5) is 24.7. The monoisotopic (exact) mass is 304 g/mol. The summed E-state index contributed by atoms with van der Waals surface area (Å²) in [6, 6.07) is 6.98. The number of aromatic amines is 1. The second-order valence-corrected chi connectivity index (χ2v) is 6.41. The molecule has 1 aromatic heterocycles. The number of hydrogen-bond acceptors (Lipinski definition) is 3. The minimum atomic E-state index is -0.199. The Balaban J connectivity index is 2.07. The van der Waals surface area contributed by atoms with E-state index in [0.29, 0.717) is 17.3 Å². The van der Waals surface area contributed by atoms with E-state index < -0.39 is 0 Å². The van der Waals surface area contributed by atoms with Crippen LogP contribution in [0.5, 0.6) is 0 Å². The number of thiol groups is 1. The normalized spacial score (nSPS) is 18.0. The minimum Gasteiger partial charge on any atom is -0.267 e. The first kappa shape index (κ1) is 14.4. The van der Waals surface area contributed by atoms with E-state index in [1.165, 1.54) is 23.9 Å². The van der Waals surface area contributed by atoms with Crippen molar-refractivity contribution < 1.29 is 0 Å². The van der Waals surface area contributed by atoms with Crippen molar-refractivity contribution in [1.29, 1.82) is 0 Å². The lowest BCUT2D eigenvalue weighted by Gasteiger charge is -2.36. The van der Waals surface area contributed by atoms with Gasteiger partial charge in [0, 0.05) is 6.54 Å². The topological polar surface area (TPSA) is 54.9 Å². The highest BCUT2D eigenvalue weighted by atomic mass is 32.1. The largest absolute Gasteiger partial charge is 0.273 e. The molecule has 21 heavy (non-hydrogen) atoms. The molecule has 1 aromatic carbocycles. The lowest BCUT2D eigenvalue weighted by molar-refractivity contribution is 0.179. The Bertz CT molecular complexity index is 757. The van der Waals surface area contributed by atoms with E-state index in [-0.39, 0.29) is 16.5 Å². The molecule has 1 fully saturated rings. The summed E-state index contributed by atoms with van der Waals surface area (Å²) in [6.45, 7) is 0.551. The number of aromatic nitrogens is 2. The first-order valence-electron chi connectivity index (χ1n) is 7.48. The van der Waals surface area contributed by atoms with Gasteiger partial charge in [-0.05, 0) is 36.1 Å². The summed E-state index contributed by atoms with van der Waals surface area (Å²) in [5.41, 5.74) is -0.288. The number of nitrogens with zero attached hydrogens (tertiary/aromatic N) is 1. The number of rotatable bonds is 3. The van der Waals surface area contributed by atoms with Gasteiger partial charge in [0.25, 0.3) is 11.1 Å². The van der Waals surface area contributed by atoms with Gasteiger partial charge in [0.2, 0.25) is 0 Å². The zero-order valence-corrected chi connectivity index (χ0v) is 12.9. The summed E-state index contributed by atoms with van der Waals surface area (Å²) in [5, 5.41) is 3.69. The molecule has 1 saturated carbocycles. The second kappa shape index (κ2) is 5.72. The van der Waals surface area contributed by atoms with E-state index >= 15 is 0 Å². The van der Waals surface area contributed by atoms with E-state index in [0.717, 1.165) is 18.6 Å². The van der Waals surface area contributed by atoms with Crippen LogP contribution in [0.1, 0.15) is 32.1 Å². The van der Waals surface area contributed by atoms with E-state index in [1.54, 1.807) is 24.3 Å². The van der Waals surface area contributed by atoms with E-state index in [2.05, 4.69) is 17.7 Å². The van der Waals surface area contributed by atoms with Crippen LogP contribution in [-0.4, -0.2) is 15.5 Å². The summed E-state index contributed by atoms with van der Waals surface area (Å²) >= 11 is 4.51. The zero-order chi connectivity index (χ0) is 14.9. The first-order valence-corrected chi connectivity index (χ1v) is 8.11. The predicted molar refractivity (Wildman–Crippen MR) is 88.2 cm³/mol. The molecule has 0 unspecified atom stereocenters. The minimum absolute atomic E-state index is 0.0244. The Morgan fingerprint density at radius 1 is 1.10 bits per heavy atom. The van der Waals surface area contributed by atoms with Gasteiger partial charge in [-0.15, -0.1) is 0 Å². The number of benzene rings is 1. The van der Waals surface area contributed by atoms with Crippen LogP contribution < -0.4 is 11.1 Å². The molecule has 112 valence electrons. The van der Waals surface area contributed by atoms with Crippen LogP contribution >= 0.6 is 12.6 Å². The molecule has 1 heterocycles. The average molecular weight is 304 g/mol. The molecular weight excluding hydrogens is 284 g/mol. The Morgan fingerprint density at radius 3 is 2.43 bits per heavy atom. The fourth-order valence-electron chi connectivity index (χ4n) is 3.36. The van der Waals surface area contributed by atoms with Gasteiger partial charge in [0.05, 0.1) is 10.8 Å². The molecule has 3 rings (SSSR count). The smallest absolute Gasteiger partial charge is 0.267 e. The fraction of sp³-hybridized carbons (Fsp3) is 0.500. The molecule has 0 radical (unpaired) electrons. The average Bonchev–Trinajstić information content (AvgIpc) is 2.53. The molecule has 1 aliphatic rings. The predicted octanol–water partition coefficient (Wildman–Crippen LogP) is 2.57. The quantitative estimate of drug-likeness (QED) is 0.856. The third kappa shape index (κ3) is 2.67. The lowest BCUT2D eigenvalue weighted by Crippen LogP contribution is -2.39. The molecule has 0 saturated heterocycles. The second-order valence-electron chi connectivity index (χ2n) is 6.10. The molecule has 0 spiro atoms. The molecule has 0 bridgehead atoms. The van der Waals surface area contributed by atoms with Gasteiger partial charge < -0.3 is 0 Å². The van der Waals surface area contributed by atoms with Crippen molar-refractivity contribution in [1.82, 2.24) is 9.78 Å². The maximum Gasteiger partial charge on any atom is 0.273 e. The Hall–Kier alpha value is -1.49. The van der Waals surface area contributed by atoms with Crippen LogP contribution in [-0.2, 0) is 6.54 Å². The molecule has 1 N–H and O–H groups in total. The summed E-state index contributed by atoms with van der Waals surface area (Å²) < 4.78 is 1.49. The SMILES string of the molecule is O=c1[nH]n(CC2(CS)CCCCC2)c(=O)c2ccccc12. The van der Waals surface area contributed by atoms with Crippen LogP contribution in [0.2, 0.25) is 0 Å². The molecule has 4 nitrogen and oxygen atoms in total. The van der Waals surface area contributed by atoms with Crippen molar-refractivity contribution in [2.45, 2.75) is 38.6 Å². The van der Waals surface area contributed by atoms with Crippen molar-refractivity contribution in [2.75, 3.05) is 5.75 Å². The van der Waals surface area contributed by atoms with Crippen LogP contribution in [0.25, 0.3) is 10.8 Å². The van der Waals surface area contributed by atoms with Gasteiger partial charge in [-0.25, -0.2) is 4.68 Å². The molecule has 2 aromatic rings. The van der Waals surface area contributed by atoms with Crippen molar-refractivity contribution >= 4 is 23.4 Å². The fourth-order valence-corrected chi connectivity index (χ4v) is 3.78. The molecule has 0 aliphatic heterocycles. The van der Waals surface area contributed by atoms with Gasteiger partial charge in [-0.2, -0.15) is 12.6 Å². The van der Waals surface area contributed by atoms with Gasteiger partial charge >= 0.3 is 0 Å². The molecule has 5 heteroatoms. The number of hydrogen-bond donors (Lipinski definition) is 2. The third-order valence-electron chi connectivity index (χ3n) is 4.63. The number of H-pyrrole nitrogens is 1. The molecule has 0 atom stereocenters. The van der Waals surface area contributed by atoms with Gasteiger partial charge in [-0.1, -0.05) is 31.4 Å².